The van der Waals surface area contributed by atoms with Gasteiger partial charge in [0.15, 0.2) is 0 Å². The highest BCUT2D eigenvalue weighted by Crippen LogP contribution is 2.14. The van der Waals surface area contributed by atoms with Crippen molar-refractivity contribution in [3.05, 3.63) is 18.2 Å². The van der Waals surface area contributed by atoms with Crippen molar-refractivity contribution in [2.24, 2.45) is 0 Å². The summed E-state index contributed by atoms with van der Waals surface area (Å²) in [6, 6.07) is 5.71. The molecule has 0 atom stereocenters. The Morgan fingerprint density at radius 3 is 2.90 bits per heavy atom. The maximum absolute atomic E-state index is 4.93. The van der Waals surface area contributed by atoms with Crippen LogP contribution in [-0.2, 0) is 0 Å². The van der Waals surface area contributed by atoms with E-state index in [1.165, 1.54) is 0 Å². The van der Waals surface area contributed by atoms with Gasteiger partial charge in [0, 0.05) is 6.07 Å². The van der Waals surface area contributed by atoms with Crippen LogP contribution in [0, 0.1) is 0 Å². The predicted octanol–water partition coefficient (Wildman–Crippen LogP) is 1.81. The van der Waals surface area contributed by atoms with Crippen molar-refractivity contribution in [2.45, 2.75) is 5.03 Å². The number of nitrogens with zero attached hydrogens (tertiary/aromatic N) is 1. The number of thioether (sulfide) groups is 1. The number of ether oxygens (including phenoxy) is 1. The first kappa shape index (κ1) is 7.41. The normalized spacial score (nSPS) is 9.40. The summed E-state index contributed by atoms with van der Waals surface area (Å²) in [6.45, 7) is 0. The van der Waals surface area contributed by atoms with Crippen LogP contribution in [0.15, 0.2) is 23.2 Å². The predicted molar refractivity (Wildman–Crippen MR) is 42.6 cm³/mol. The van der Waals surface area contributed by atoms with Gasteiger partial charge in [-0.2, -0.15) is 0 Å². The highest BCUT2D eigenvalue weighted by atomic mass is 32.2. The molecule has 54 valence electrons. The number of pyridine rings is 1. The van der Waals surface area contributed by atoms with E-state index in [4.69, 9.17) is 4.74 Å². The Kier molecular flexibility index (Phi) is 2.57. The summed E-state index contributed by atoms with van der Waals surface area (Å²) in [4.78, 5) is 4.15. The van der Waals surface area contributed by atoms with Crippen LogP contribution in [0.5, 0.6) is 5.88 Å². The third-order valence-corrected chi connectivity index (χ3v) is 1.76. The Balaban J connectivity index is 2.87. The van der Waals surface area contributed by atoms with Gasteiger partial charge in [0.1, 0.15) is 0 Å². The van der Waals surface area contributed by atoms with E-state index in [0.29, 0.717) is 5.88 Å². The molecule has 0 aliphatic carbocycles. The van der Waals surface area contributed by atoms with E-state index in [1.54, 1.807) is 18.9 Å². The van der Waals surface area contributed by atoms with Gasteiger partial charge >= 0.3 is 0 Å². The third-order valence-electron chi connectivity index (χ3n) is 1.12. The van der Waals surface area contributed by atoms with Gasteiger partial charge in [-0.15, -0.1) is 11.8 Å². The van der Waals surface area contributed by atoms with Crippen molar-refractivity contribution >= 4 is 11.8 Å². The van der Waals surface area contributed by atoms with Crippen LogP contribution in [0.25, 0.3) is 0 Å². The van der Waals surface area contributed by atoms with Crippen LogP contribution < -0.4 is 4.74 Å². The van der Waals surface area contributed by atoms with Crippen molar-refractivity contribution in [1.29, 1.82) is 0 Å². The summed E-state index contributed by atoms with van der Waals surface area (Å²) in [7, 11) is 1.62. The standard InChI is InChI=1S/C7H9NOS/c1-9-6-4-3-5-7(8-6)10-2/h3-5H,1-2H3. The molecule has 1 rings (SSSR count). The molecule has 0 spiro atoms. The number of aromatic nitrogens is 1. The van der Waals surface area contributed by atoms with Gasteiger partial charge in [-0.05, 0) is 12.3 Å². The molecule has 1 aromatic heterocycles. The van der Waals surface area contributed by atoms with Crippen LogP contribution in [0.3, 0.4) is 0 Å². The van der Waals surface area contributed by atoms with Gasteiger partial charge in [0.05, 0.1) is 12.1 Å². The summed E-state index contributed by atoms with van der Waals surface area (Å²) >= 11 is 1.61. The van der Waals surface area contributed by atoms with Crippen molar-refractivity contribution in [3.8, 4) is 5.88 Å². The van der Waals surface area contributed by atoms with E-state index in [9.17, 15) is 0 Å². The minimum absolute atomic E-state index is 0.673. The summed E-state index contributed by atoms with van der Waals surface area (Å²) in [5.41, 5.74) is 0. The molecule has 0 amide bonds. The zero-order chi connectivity index (χ0) is 7.40. The van der Waals surface area contributed by atoms with Gasteiger partial charge in [-0.25, -0.2) is 4.98 Å². The monoisotopic (exact) mass is 155 g/mol. The zero-order valence-corrected chi connectivity index (χ0v) is 6.81. The number of hydrogen-bond acceptors (Lipinski definition) is 3. The van der Waals surface area contributed by atoms with E-state index in [1.807, 2.05) is 24.5 Å². The van der Waals surface area contributed by atoms with E-state index in [0.717, 1.165) is 5.03 Å². The molecule has 0 N–H and O–H groups in total. The first-order valence-electron chi connectivity index (χ1n) is 2.92. The van der Waals surface area contributed by atoms with Crippen molar-refractivity contribution in [2.75, 3.05) is 13.4 Å². The van der Waals surface area contributed by atoms with Gasteiger partial charge < -0.3 is 4.74 Å². The van der Waals surface area contributed by atoms with Gasteiger partial charge in [-0.3, -0.25) is 0 Å². The van der Waals surface area contributed by atoms with E-state index in [2.05, 4.69) is 4.98 Å². The molecule has 0 aliphatic rings. The van der Waals surface area contributed by atoms with Crippen LogP contribution in [-0.4, -0.2) is 18.3 Å². The minimum Gasteiger partial charge on any atom is -0.481 e. The van der Waals surface area contributed by atoms with Crippen LogP contribution in [0.4, 0.5) is 0 Å². The van der Waals surface area contributed by atoms with Gasteiger partial charge in [0.2, 0.25) is 5.88 Å². The van der Waals surface area contributed by atoms with Gasteiger partial charge in [0.25, 0.3) is 0 Å². The lowest BCUT2D eigenvalue weighted by Gasteiger charge is -1.98. The molecule has 0 saturated carbocycles. The molecule has 0 aromatic carbocycles. The minimum atomic E-state index is 0.673. The quantitative estimate of drug-likeness (QED) is 0.608. The summed E-state index contributed by atoms with van der Waals surface area (Å²) < 4.78 is 4.93. The largest absolute Gasteiger partial charge is 0.481 e. The second kappa shape index (κ2) is 3.46. The Bertz CT molecular complexity index is 195. The molecule has 0 unspecified atom stereocenters. The van der Waals surface area contributed by atoms with Crippen LogP contribution in [0.1, 0.15) is 0 Å². The third kappa shape index (κ3) is 1.64. The molecule has 10 heavy (non-hydrogen) atoms. The molecule has 1 heterocycles. The Morgan fingerprint density at radius 1 is 1.50 bits per heavy atom. The molecule has 0 fully saturated rings. The van der Waals surface area contributed by atoms with Crippen molar-refractivity contribution in [3.63, 3.8) is 0 Å². The molecular formula is C7H9NOS. The average molecular weight is 155 g/mol. The van der Waals surface area contributed by atoms with E-state index < -0.39 is 0 Å². The second-order valence-electron chi connectivity index (χ2n) is 1.72. The lowest BCUT2D eigenvalue weighted by molar-refractivity contribution is 0.394. The van der Waals surface area contributed by atoms with E-state index >= 15 is 0 Å². The fourth-order valence-electron chi connectivity index (χ4n) is 0.623. The fraction of sp³-hybridized carbons (Fsp3) is 0.286. The average Bonchev–Trinajstić information content (AvgIpc) is 2.05. The number of hydrogen-bond donors (Lipinski definition) is 0. The maximum Gasteiger partial charge on any atom is 0.213 e. The summed E-state index contributed by atoms with van der Waals surface area (Å²) in [6.07, 6.45) is 1.99. The summed E-state index contributed by atoms with van der Waals surface area (Å²) in [5.74, 6) is 0.673. The van der Waals surface area contributed by atoms with Gasteiger partial charge in [-0.1, -0.05) is 6.07 Å². The lowest BCUT2D eigenvalue weighted by atomic mass is 10.5. The SMILES string of the molecule is COc1cccc(SC)n1. The smallest absolute Gasteiger partial charge is 0.213 e. The summed E-state index contributed by atoms with van der Waals surface area (Å²) in [5, 5.41) is 0.986. The second-order valence-corrected chi connectivity index (χ2v) is 2.55. The molecule has 0 saturated heterocycles. The number of rotatable bonds is 2. The molecular weight excluding hydrogens is 146 g/mol. The Hall–Kier alpha value is -0.700. The zero-order valence-electron chi connectivity index (χ0n) is 6.00. The maximum atomic E-state index is 4.93. The van der Waals surface area contributed by atoms with Crippen molar-refractivity contribution in [1.82, 2.24) is 4.98 Å². The molecule has 1 aromatic rings. The van der Waals surface area contributed by atoms with Crippen LogP contribution in [0.2, 0.25) is 0 Å². The Labute approximate surface area is 64.6 Å². The molecule has 0 radical (unpaired) electrons. The van der Waals surface area contributed by atoms with E-state index in [-0.39, 0.29) is 0 Å². The molecule has 0 aliphatic heterocycles. The topological polar surface area (TPSA) is 22.1 Å². The lowest BCUT2D eigenvalue weighted by Crippen LogP contribution is -1.86. The molecule has 3 heteroatoms. The first-order chi connectivity index (χ1) is 4.86. The van der Waals surface area contributed by atoms with Crippen molar-refractivity contribution < 1.29 is 4.74 Å². The molecule has 0 bridgehead atoms. The fourth-order valence-corrected chi connectivity index (χ4v) is 1.02. The molecule has 2 nitrogen and oxygen atoms in total. The highest BCUT2D eigenvalue weighted by molar-refractivity contribution is 7.98. The number of methoxy groups -OCH3 is 1. The van der Waals surface area contributed by atoms with Crippen LogP contribution >= 0.6 is 11.8 Å². The Morgan fingerprint density at radius 2 is 2.30 bits per heavy atom. The first-order valence-corrected chi connectivity index (χ1v) is 4.14. The highest BCUT2D eigenvalue weighted by Gasteiger charge is 1.92.